The molecule has 0 aromatic heterocycles. The number of ketones is 1. The zero-order valence-electron chi connectivity index (χ0n) is 19.2. The third-order valence-electron chi connectivity index (χ3n) is 3.72. The first kappa shape index (κ1) is 30.4. The summed E-state index contributed by atoms with van der Waals surface area (Å²) >= 11 is 0. The van der Waals surface area contributed by atoms with Gasteiger partial charge in [0.15, 0.2) is 12.4 Å². The summed E-state index contributed by atoms with van der Waals surface area (Å²) in [6.45, 7) is 7.33. The first-order valence-electron chi connectivity index (χ1n) is 10.7. The van der Waals surface area contributed by atoms with Crippen molar-refractivity contribution in [2.75, 3.05) is 58.6 Å². The van der Waals surface area contributed by atoms with Crippen LogP contribution in [0.3, 0.4) is 0 Å². The molecule has 0 aliphatic carbocycles. The van der Waals surface area contributed by atoms with Gasteiger partial charge in [0.2, 0.25) is 0 Å². The van der Waals surface area contributed by atoms with Crippen LogP contribution in [-0.2, 0) is 46.3 Å². The monoisotopic (exact) mass is 488 g/mol. The molecule has 31 heavy (non-hydrogen) atoms. The molecule has 2 unspecified atom stereocenters. The minimum Gasteiger partial charge on any atom is -0.464 e. The molecular formula is C19H38O10P2. The van der Waals surface area contributed by atoms with Gasteiger partial charge in [0, 0.05) is 6.61 Å². The van der Waals surface area contributed by atoms with E-state index in [-0.39, 0.29) is 51.1 Å². The molecule has 0 fully saturated rings. The Morgan fingerprint density at radius 1 is 0.710 bits per heavy atom. The van der Waals surface area contributed by atoms with Gasteiger partial charge in [-0.25, -0.2) is 4.79 Å². The molecule has 184 valence electrons. The minimum absolute atomic E-state index is 0.0763. The van der Waals surface area contributed by atoms with E-state index in [0.717, 1.165) is 0 Å². The molecule has 0 saturated heterocycles. The number of ether oxygens (including phenoxy) is 2. The molecule has 10 nitrogen and oxygen atoms in total. The van der Waals surface area contributed by atoms with E-state index < -0.39 is 27.8 Å². The maximum absolute atomic E-state index is 12.9. The Bertz CT molecular complexity index is 596. The number of hydrogen-bond donors (Lipinski definition) is 0. The van der Waals surface area contributed by atoms with Gasteiger partial charge in [-0.15, -0.1) is 0 Å². The predicted octanol–water partition coefficient (Wildman–Crippen LogP) is 4.21. The van der Waals surface area contributed by atoms with Crippen molar-refractivity contribution in [2.24, 2.45) is 0 Å². The standard InChI is InChI=1S/C19H38O10P2/c1-5-11-26-30(22,28-16-18(4)20)14-9-8-10-15-31(23,27-13-12-24-6-2)29-17-19(21)25-7-3/h5-17H2,1-4H3. The molecule has 0 aromatic carbocycles. The largest absolute Gasteiger partial charge is 0.464 e. The average molecular weight is 488 g/mol. The Balaban J connectivity index is 4.60. The highest BCUT2D eigenvalue weighted by atomic mass is 31.2. The lowest BCUT2D eigenvalue weighted by Gasteiger charge is -2.19. The van der Waals surface area contributed by atoms with E-state index in [1.54, 1.807) is 6.92 Å². The summed E-state index contributed by atoms with van der Waals surface area (Å²) in [6, 6.07) is 0. The molecule has 0 aromatic rings. The number of Topliss-reactive ketones (excluding diaryl/α,β-unsaturated/α-hetero) is 1. The molecule has 0 aliphatic heterocycles. The van der Waals surface area contributed by atoms with Gasteiger partial charge in [0.25, 0.3) is 0 Å². The minimum atomic E-state index is -3.52. The quantitative estimate of drug-likeness (QED) is 0.132. The van der Waals surface area contributed by atoms with Gasteiger partial charge in [-0.3, -0.25) is 18.4 Å². The van der Waals surface area contributed by atoms with Crippen molar-refractivity contribution in [1.82, 2.24) is 0 Å². The van der Waals surface area contributed by atoms with Gasteiger partial charge in [-0.1, -0.05) is 13.3 Å². The van der Waals surface area contributed by atoms with Crippen LogP contribution in [0.5, 0.6) is 0 Å². The van der Waals surface area contributed by atoms with Crippen molar-refractivity contribution in [3.63, 3.8) is 0 Å². The van der Waals surface area contributed by atoms with Crippen LogP contribution >= 0.6 is 15.2 Å². The number of esters is 1. The van der Waals surface area contributed by atoms with Crippen molar-refractivity contribution in [3.8, 4) is 0 Å². The fourth-order valence-corrected chi connectivity index (χ4v) is 5.65. The zero-order valence-corrected chi connectivity index (χ0v) is 21.0. The number of unbranched alkanes of at least 4 members (excludes halogenated alkanes) is 2. The molecule has 0 bridgehead atoms. The van der Waals surface area contributed by atoms with Gasteiger partial charge >= 0.3 is 21.2 Å². The van der Waals surface area contributed by atoms with E-state index in [0.29, 0.717) is 32.3 Å². The van der Waals surface area contributed by atoms with Crippen LogP contribution in [0.1, 0.15) is 53.4 Å². The third-order valence-corrected chi connectivity index (χ3v) is 7.65. The first-order valence-corrected chi connectivity index (χ1v) is 14.1. The summed E-state index contributed by atoms with van der Waals surface area (Å²) in [5.41, 5.74) is 0. The van der Waals surface area contributed by atoms with Crippen LogP contribution in [0.2, 0.25) is 0 Å². The van der Waals surface area contributed by atoms with E-state index in [1.165, 1.54) is 6.92 Å². The molecule has 2 atom stereocenters. The Labute approximate surface area is 185 Å². The SMILES string of the molecule is CCCOP(=O)(CCCCCP(=O)(OCCOCC)OCC(=O)OCC)OCC(C)=O. The fraction of sp³-hybridized carbons (Fsp3) is 0.895. The normalized spacial score (nSPS) is 15.2. The van der Waals surface area contributed by atoms with Crippen molar-refractivity contribution in [2.45, 2.75) is 53.4 Å². The smallest absolute Gasteiger partial charge is 0.332 e. The first-order chi connectivity index (χ1) is 14.7. The van der Waals surface area contributed by atoms with E-state index >= 15 is 0 Å². The van der Waals surface area contributed by atoms with Crippen LogP contribution in [-0.4, -0.2) is 70.3 Å². The zero-order chi connectivity index (χ0) is 23.6. The lowest BCUT2D eigenvalue weighted by molar-refractivity contribution is -0.145. The van der Waals surface area contributed by atoms with Crippen LogP contribution in [0.4, 0.5) is 0 Å². The van der Waals surface area contributed by atoms with E-state index in [4.69, 9.17) is 27.6 Å². The molecule has 0 spiro atoms. The van der Waals surface area contributed by atoms with Crippen molar-refractivity contribution < 1.29 is 46.3 Å². The molecule has 0 saturated carbocycles. The fourth-order valence-electron chi connectivity index (χ4n) is 2.27. The Kier molecular flexibility index (Phi) is 17.6. The van der Waals surface area contributed by atoms with Crippen LogP contribution in [0.15, 0.2) is 0 Å². The highest BCUT2D eigenvalue weighted by molar-refractivity contribution is 7.54. The molecule has 0 heterocycles. The number of hydrogen-bond acceptors (Lipinski definition) is 10. The van der Waals surface area contributed by atoms with Gasteiger partial charge in [0.05, 0.1) is 38.8 Å². The number of carbonyl (C=O) groups is 2. The Morgan fingerprint density at radius 3 is 1.81 bits per heavy atom. The molecule has 0 N–H and O–H groups in total. The van der Waals surface area contributed by atoms with Gasteiger partial charge in [0.1, 0.15) is 6.61 Å². The summed E-state index contributed by atoms with van der Waals surface area (Å²) in [7, 11) is -6.88. The maximum atomic E-state index is 12.9. The van der Waals surface area contributed by atoms with Crippen LogP contribution < -0.4 is 0 Å². The molecular weight excluding hydrogens is 450 g/mol. The van der Waals surface area contributed by atoms with Crippen LogP contribution in [0, 0.1) is 0 Å². The second-order valence-electron chi connectivity index (χ2n) is 6.65. The van der Waals surface area contributed by atoms with Gasteiger partial charge < -0.3 is 23.0 Å². The van der Waals surface area contributed by atoms with E-state index in [9.17, 15) is 18.7 Å². The summed E-state index contributed by atoms with van der Waals surface area (Å²) < 4.78 is 56.8. The van der Waals surface area contributed by atoms with Crippen molar-refractivity contribution in [1.29, 1.82) is 0 Å². The molecule has 12 heteroatoms. The third kappa shape index (κ3) is 16.7. The summed E-state index contributed by atoms with van der Waals surface area (Å²) in [6.07, 6.45) is 2.41. The second kappa shape index (κ2) is 17.9. The number of rotatable bonds is 21. The lowest BCUT2D eigenvalue weighted by atomic mass is 10.3. The van der Waals surface area contributed by atoms with Gasteiger partial charge in [-0.2, -0.15) is 0 Å². The summed E-state index contributed by atoms with van der Waals surface area (Å²) in [5.74, 6) is -0.850. The summed E-state index contributed by atoms with van der Waals surface area (Å²) in [4.78, 5) is 22.6. The lowest BCUT2D eigenvalue weighted by Crippen LogP contribution is -2.14. The molecule has 0 radical (unpaired) electrons. The van der Waals surface area contributed by atoms with E-state index in [1.807, 2.05) is 13.8 Å². The van der Waals surface area contributed by atoms with Gasteiger partial charge in [-0.05, 0) is 40.0 Å². The van der Waals surface area contributed by atoms with Crippen molar-refractivity contribution in [3.05, 3.63) is 0 Å². The second-order valence-corrected chi connectivity index (χ2v) is 11.0. The molecule has 0 aliphatic rings. The Hall–Kier alpha value is -0.600. The van der Waals surface area contributed by atoms with E-state index in [2.05, 4.69) is 0 Å². The maximum Gasteiger partial charge on any atom is 0.332 e. The average Bonchev–Trinajstić information content (AvgIpc) is 2.73. The highest BCUT2D eigenvalue weighted by Crippen LogP contribution is 2.51. The Morgan fingerprint density at radius 2 is 1.29 bits per heavy atom. The topological polar surface area (TPSA) is 124 Å². The van der Waals surface area contributed by atoms with Crippen LogP contribution in [0.25, 0.3) is 0 Å². The molecule has 0 rings (SSSR count). The highest BCUT2D eigenvalue weighted by Gasteiger charge is 2.27. The predicted molar refractivity (Wildman–Crippen MR) is 117 cm³/mol. The van der Waals surface area contributed by atoms with Crippen molar-refractivity contribution >= 4 is 26.9 Å². The molecule has 0 amide bonds. The summed E-state index contributed by atoms with van der Waals surface area (Å²) in [5, 5.41) is 0. The number of carbonyl (C=O) groups excluding carboxylic acids is 2.